The Morgan fingerprint density at radius 2 is 1.88 bits per heavy atom. The van der Waals surface area contributed by atoms with E-state index in [0.717, 1.165) is 34.6 Å². The number of nitrogens with zero attached hydrogens (tertiary/aromatic N) is 5. The number of pyridine rings is 1. The molecule has 0 spiro atoms. The smallest absolute Gasteiger partial charge is 0.393 e. The lowest BCUT2D eigenvalue weighted by molar-refractivity contribution is -0.137. The quantitative estimate of drug-likeness (QED) is 0.220. The second kappa shape index (κ2) is 12.1. The van der Waals surface area contributed by atoms with Crippen molar-refractivity contribution in [3.05, 3.63) is 65.0 Å². The van der Waals surface area contributed by atoms with Crippen LogP contribution in [0.25, 0.3) is 16.7 Å². The Balaban J connectivity index is 1.88. The van der Waals surface area contributed by atoms with Crippen molar-refractivity contribution in [3.63, 3.8) is 0 Å². The molecule has 1 aliphatic rings. The summed E-state index contributed by atoms with van der Waals surface area (Å²) in [5.74, 6) is 0.178. The predicted molar refractivity (Wildman–Crippen MR) is 154 cm³/mol. The van der Waals surface area contributed by atoms with E-state index >= 15 is 0 Å². The van der Waals surface area contributed by atoms with Crippen molar-refractivity contribution in [3.8, 4) is 6.07 Å². The minimum Gasteiger partial charge on any atom is -0.393 e. The SMILES string of the molecule is C=NC(=N[C@H](C)C1CCC(O)CC1)N/C(=C(\C)C#N)c1cn(S(=O)(=O)c2ccc(C)cc2)c2ncc(C(F)(F)F)cc12. The molecule has 0 amide bonds. The molecule has 0 aliphatic heterocycles. The van der Waals surface area contributed by atoms with Gasteiger partial charge in [0.2, 0.25) is 5.96 Å². The number of aryl methyl sites for hydroxylation is 1. The van der Waals surface area contributed by atoms with E-state index in [1.807, 2.05) is 13.0 Å². The van der Waals surface area contributed by atoms with Crippen LogP contribution in [0.15, 0.2) is 63.2 Å². The monoisotopic (exact) mass is 600 g/mol. The standard InChI is InChI=1S/C29H31F3N6O3S/c1-17-5-11-23(12-6-17)42(40,41)38-16-25(24-13-21(29(30,31)32)15-35-27(24)38)26(18(2)14-33)37-28(34-4)36-19(3)20-7-9-22(39)10-8-20/h5-6,11-13,15-16,19-20,22,39H,4,7-10H2,1-3H3,(H,36,37)/b26-18+/t19-,20?,22?/m1/s1. The zero-order valence-electron chi connectivity index (χ0n) is 23.4. The van der Waals surface area contributed by atoms with Crippen LogP contribution in [0, 0.1) is 24.2 Å². The zero-order valence-corrected chi connectivity index (χ0v) is 24.2. The highest BCUT2D eigenvalue weighted by Gasteiger charge is 2.33. The van der Waals surface area contributed by atoms with Crippen molar-refractivity contribution < 1.29 is 26.7 Å². The lowest BCUT2D eigenvalue weighted by Gasteiger charge is -2.28. The molecular formula is C29H31F3N6O3S. The van der Waals surface area contributed by atoms with E-state index in [1.54, 1.807) is 19.1 Å². The molecule has 1 fully saturated rings. The molecule has 4 rings (SSSR count). The number of guanidine groups is 1. The van der Waals surface area contributed by atoms with E-state index in [9.17, 15) is 32.0 Å². The molecule has 1 aromatic carbocycles. The van der Waals surface area contributed by atoms with E-state index in [0.29, 0.717) is 19.0 Å². The third kappa shape index (κ3) is 6.39. The molecule has 222 valence electrons. The molecule has 0 saturated heterocycles. The number of nitrogens with one attached hydrogen (secondary N) is 1. The third-order valence-electron chi connectivity index (χ3n) is 7.47. The summed E-state index contributed by atoms with van der Waals surface area (Å²) >= 11 is 0. The molecule has 9 nitrogen and oxygen atoms in total. The van der Waals surface area contributed by atoms with Crippen molar-refractivity contribution >= 4 is 39.4 Å². The second-order valence-corrected chi connectivity index (χ2v) is 12.2. The number of allylic oxidation sites excluding steroid dienone is 1. The van der Waals surface area contributed by atoms with Crippen LogP contribution in [0.4, 0.5) is 13.2 Å². The molecule has 0 radical (unpaired) electrons. The number of hydrogen-bond acceptors (Lipinski definition) is 6. The van der Waals surface area contributed by atoms with E-state index in [2.05, 4.69) is 27.0 Å². The number of halogens is 3. The van der Waals surface area contributed by atoms with Gasteiger partial charge in [0, 0.05) is 23.3 Å². The summed E-state index contributed by atoms with van der Waals surface area (Å²) in [6.45, 7) is 8.66. The van der Waals surface area contributed by atoms with E-state index in [1.165, 1.54) is 19.1 Å². The minimum absolute atomic E-state index is 0.0110. The van der Waals surface area contributed by atoms with Gasteiger partial charge in [-0.25, -0.2) is 27.4 Å². The van der Waals surface area contributed by atoms with Crippen LogP contribution in [0.1, 0.15) is 56.2 Å². The van der Waals surface area contributed by atoms with Crippen LogP contribution in [0.3, 0.4) is 0 Å². The molecule has 13 heteroatoms. The number of hydrogen-bond donors (Lipinski definition) is 2. The Kier molecular flexibility index (Phi) is 8.89. The van der Waals surface area contributed by atoms with Gasteiger partial charge < -0.3 is 10.4 Å². The van der Waals surface area contributed by atoms with Crippen molar-refractivity contribution in [2.24, 2.45) is 15.9 Å². The fourth-order valence-corrected chi connectivity index (χ4v) is 6.29. The first-order chi connectivity index (χ1) is 19.8. The van der Waals surface area contributed by atoms with Gasteiger partial charge in [0.25, 0.3) is 10.0 Å². The van der Waals surface area contributed by atoms with E-state index < -0.39 is 21.8 Å². The second-order valence-electron chi connectivity index (χ2n) is 10.4. The predicted octanol–water partition coefficient (Wildman–Crippen LogP) is 5.44. The highest BCUT2D eigenvalue weighted by atomic mass is 32.2. The summed E-state index contributed by atoms with van der Waals surface area (Å²) in [6.07, 6.45) is -0.571. The summed E-state index contributed by atoms with van der Waals surface area (Å²) in [5.41, 5.74) is -0.463. The molecular weight excluding hydrogens is 569 g/mol. The maximum Gasteiger partial charge on any atom is 0.417 e. The molecule has 3 aromatic rings. The van der Waals surface area contributed by atoms with Gasteiger partial charge in [-0.15, -0.1) is 0 Å². The number of fused-ring (bicyclic) bond motifs is 1. The highest BCUT2D eigenvalue weighted by molar-refractivity contribution is 7.90. The molecule has 1 atom stereocenters. The number of alkyl halides is 3. The summed E-state index contributed by atoms with van der Waals surface area (Å²) in [4.78, 5) is 12.4. The van der Waals surface area contributed by atoms with Crippen LogP contribution in [-0.2, 0) is 16.2 Å². The van der Waals surface area contributed by atoms with Gasteiger partial charge in [0.15, 0.2) is 5.65 Å². The summed E-state index contributed by atoms with van der Waals surface area (Å²) in [7, 11) is -4.29. The summed E-state index contributed by atoms with van der Waals surface area (Å²) in [6, 6.07) is 8.55. The Hall–Kier alpha value is -4.02. The van der Waals surface area contributed by atoms with Gasteiger partial charge in [-0.3, -0.25) is 0 Å². The number of nitriles is 1. The van der Waals surface area contributed by atoms with Crippen molar-refractivity contribution in [1.82, 2.24) is 14.3 Å². The number of aliphatic hydroxyl groups excluding tert-OH is 1. The topological polar surface area (TPSA) is 133 Å². The molecule has 2 heterocycles. The maximum absolute atomic E-state index is 13.7. The normalized spacial score (nSPS) is 19.6. The van der Waals surface area contributed by atoms with Crippen LogP contribution >= 0.6 is 0 Å². The Labute approximate surface area is 242 Å². The number of aliphatic hydroxyl groups is 1. The first-order valence-electron chi connectivity index (χ1n) is 13.3. The third-order valence-corrected chi connectivity index (χ3v) is 9.13. The first-order valence-corrected chi connectivity index (χ1v) is 14.7. The van der Waals surface area contributed by atoms with Gasteiger partial charge >= 0.3 is 6.18 Å². The average molecular weight is 601 g/mol. The molecule has 1 aliphatic carbocycles. The molecule has 2 N–H and O–H groups in total. The van der Waals surface area contributed by atoms with E-state index in [4.69, 9.17) is 0 Å². The summed E-state index contributed by atoms with van der Waals surface area (Å²) < 4.78 is 69.3. The Bertz CT molecular complexity index is 1690. The zero-order chi connectivity index (χ0) is 30.8. The fraction of sp³-hybridized carbons (Fsp3) is 0.379. The van der Waals surface area contributed by atoms with Crippen molar-refractivity contribution in [2.75, 3.05) is 0 Å². The van der Waals surface area contributed by atoms with Crippen molar-refractivity contribution in [2.45, 2.75) is 69.7 Å². The largest absolute Gasteiger partial charge is 0.417 e. The van der Waals surface area contributed by atoms with Gasteiger partial charge in [0.1, 0.15) is 0 Å². The molecule has 0 unspecified atom stereocenters. The van der Waals surface area contributed by atoms with E-state index in [-0.39, 0.29) is 56.8 Å². The Morgan fingerprint density at radius 1 is 1.24 bits per heavy atom. The minimum atomic E-state index is -4.75. The average Bonchev–Trinajstić information content (AvgIpc) is 3.34. The van der Waals surface area contributed by atoms with Crippen LogP contribution in [0.5, 0.6) is 0 Å². The number of rotatable bonds is 6. The van der Waals surface area contributed by atoms with Gasteiger partial charge in [-0.1, -0.05) is 17.7 Å². The van der Waals surface area contributed by atoms with Crippen LogP contribution < -0.4 is 5.32 Å². The summed E-state index contributed by atoms with van der Waals surface area (Å²) in [5, 5.41) is 22.4. The van der Waals surface area contributed by atoms with Gasteiger partial charge in [-0.2, -0.15) is 18.4 Å². The van der Waals surface area contributed by atoms with Crippen LogP contribution in [0.2, 0.25) is 0 Å². The highest BCUT2D eigenvalue weighted by Crippen LogP contribution is 2.35. The molecule has 42 heavy (non-hydrogen) atoms. The molecule has 2 aromatic heterocycles. The lowest BCUT2D eigenvalue weighted by atomic mass is 9.83. The first kappa shape index (κ1) is 30.9. The van der Waals surface area contributed by atoms with Gasteiger partial charge in [0.05, 0.1) is 39.9 Å². The lowest BCUT2D eigenvalue weighted by Crippen LogP contribution is -2.28. The number of aliphatic imine (C=N–C) groups is 2. The Morgan fingerprint density at radius 3 is 2.45 bits per heavy atom. The van der Waals surface area contributed by atoms with Crippen molar-refractivity contribution in [1.29, 1.82) is 5.26 Å². The van der Waals surface area contributed by atoms with Gasteiger partial charge in [-0.05, 0) is 77.3 Å². The van der Waals surface area contributed by atoms with Crippen LogP contribution in [-0.4, -0.2) is 47.3 Å². The molecule has 1 saturated carbocycles. The number of aromatic nitrogens is 2. The molecule has 0 bridgehead atoms. The number of benzene rings is 1. The maximum atomic E-state index is 13.7. The fourth-order valence-electron chi connectivity index (χ4n) is 4.97.